The van der Waals surface area contributed by atoms with Crippen molar-refractivity contribution < 1.29 is 9.47 Å². The van der Waals surface area contributed by atoms with Crippen LogP contribution in [0.4, 0.5) is 0 Å². The molecule has 1 unspecified atom stereocenters. The van der Waals surface area contributed by atoms with Crippen LogP contribution in [-0.4, -0.2) is 59.4 Å². The van der Waals surface area contributed by atoms with E-state index in [1.165, 1.54) is 76.1 Å². The van der Waals surface area contributed by atoms with E-state index in [1.807, 2.05) is 0 Å². The molecule has 3 nitrogen and oxygen atoms in total. The predicted octanol–water partition coefficient (Wildman–Crippen LogP) is 3.47. The number of hydrogen-bond donors (Lipinski definition) is 0. The second-order valence-electron chi connectivity index (χ2n) is 8.07. The van der Waals surface area contributed by atoms with E-state index in [2.05, 4.69) is 23.6 Å². The van der Waals surface area contributed by atoms with Gasteiger partial charge in [0.2, 0.25) is 0 Å². The molecule has 0 aromatic carbocycles. The third-order valence-corrected chi connectivity index (χ3v) is 7.45. The van der Waals surface area contributed by atoms with Crippen LogP contribution in [0.3, 0.4) is 0 Å². The molecule has 0 N–H and O–H groups in total. The molecule has 0 saturated carbocycles. The minimum atomic E-state index is 0.0644. The lowest BCUT2D eigenvalue weighted by atomic mass is 9.82. The lowest BCUT2D eigenvalue weighted by Crippen LogP contribution is -2.45. The number of likely N-dealkylation sites (tertiary alicyclic amines) is 1. The van der Waals surface area contributed by atoms with Crippen LogP contribution in [0.1, 0.15) is 58.3 Å². The minimum absolute atomic E-state index is 0.0644. The zero-order valence-electron chi connectivity index (χ0n) is 14.1. The van der Waals surface area contributed by atoms with Gasteiger partial charge in [0, 0.05) is 19.5 Å². The molecule has 0 bridgehead atoms. The second kappa shape index (κ2) is 5.94. The van der Waals surface area contributed by atoms with Gasteiger partial charge in [0.05, 0.1) is 23.4 Å². The monoisotopic (exact) mass is 325 g/mol. The SMILES string of the molecule is CCCN1CCC2(CC1)CC1(CCC3(CCSCC3)O1)CO2. The molecule has 0 aliphatic carbocycles. The predicted molar refractivity (Wildman–Crippen MR) is 91.6 cm³/mol. The first kappa shape index (κ1) is 15.7. The van der Waals surface area contributed by atoms with Gasteiger partial charge in [-0.2, -0.15) is 11.8 Å². The van der Waals surface area contributed by atoms with Crippen LogP contribution in [0, 0.1) is 0 Å². The van der Waals surface area contributed by atoms with Crippen molar-refractivity contribution in [3.63, 3.8) is 0 Å². The highest BCUT2D eigenvalue weighted by Crippen LogP contribution is 2.53. The smallest absolute Gasteiger partial charge is 0.0951 e. The highest BCUT2D eigenvalue weighted by atomic mass is 32.2. The third-order valence-electron chi connectivity index (χ3n) is 6.47. The Morgan fingerprint density at radius 3 is 2.36 bits per heavy atom. The normalized spacial score (nSPS) is 37.5. The van der Waals surface area contributed by atoms with Crippen molar-refractivity contribution in [3.05, 3.63) is 0 Å². The van der Waals surface area contributed by atoms with Crippen LogP contribution in [-0.2, 0) is 9.47 Å². The zero-order valence-corrected chi connectivity index (χ0v) is 14.9. The zero-order chi connectivity index (χ0) is 15.1. The van der Waals surface area contributed by atoms with Crippen LogP contribution in [0.5, 0.6) is 0 Å². The van der Waals surface area contributed by atoms with Gasteiger partial charge in [-0.05, 0) is 63.0 Å². The Kier molecular flexibility index (Phi) is 4.25. The highest BCUT2D eigenvalue weighted by molar-refractivity contribution is 7.99. The average molecular weight is 326 g/mol. The van der Waals surface area contributed by atoms with Gasteiger partial charge in [-0.25, -0.2) is 0 Å². The summed E-state index contributed by atoms with van der Waals surface area (Å²) in [4.78, 5) is 2.61. The molecular weight excluding hydrogens is 294 g/mol. The maximum Gasteiger partial charge on any atom is 0.0951 e. The molecule has 0 radical (unpaired) electrons. The topological polar surface area (TPSA) is 21.7 Å². The van der Waals surface area contributed by atoms with Crippen molar-refractivity contribution in [2.45, 2.75) is 75.1 Å². The van der Waals surface area contributed by atoms with Gasteiger partial charge >= 0.3 is 0 Å². The number of ether oxygens (including phenoxy) is 2. The van der Waals surface area contributed by atoms with E-state index in [9.17, 15) is 0 Å². The third kappa shape index (κ3) is 2.85. The molecule has 22 heavy (non-hydrogen) atoms. The van der Waals surface area contributed by atoms with Gasteiger partial charge in [0.1, 0.15) is 0 Å². The number of nitrogens with zero attached hydrogens (tertiary/aromatic N) is 1. The van der Waals surface area contributed by atoms with Crippen LogP contribution in [0.15, 0.2) is 0 Å². The number of piperidine rings is 1. The molecule has 4 aliphatic rings. The average Bonchev–Trinajstić information content (AvgIpc) is 3.05. The quantitative estimate of drug-likeness (QED) is 0.775. The summed E-state index contributed by atoms with van der Waals surface area (Å²) in [6, 6.07) is 0. The molecule has 4 fully saturated rings. The number of rotatable bonds is 2. The fraction of sp³-hybridized carbons (Fsp3) is 1.00. The van der Waals surface area contributed by atoms with Crippen LogP contribution < -0.4 is 0 Å². The number of hydrogen-bond acceptors (Lipinski definition) is 4. The Morgan fingerprint density at radius 2 is 1.64 bits per heavy atom. The first-order valence-electron chi connectivity index (χ1n) is 9.32. The molecule has 126 valence electrons. The first-order chi connectivity index (χ1) is 10.7. The van der Waals surface area contributed by atoms with Gasteiger partial charge in [-0.3, -0.25) is 0 Å². The van der Waals surface area contributed by atoms with Crippen molar-refractivity contribution in [2.24, 2.45) is 0 Å². The van der Waals surface area contributed by atoms with Gasteiger partial charge < -0.3 is 14.4 Å². The summed E-state index contributed by atoms with van der Waals surface area (Å²) < 4.78 is 13.2. The van der Waals surface area contributed by atoms with E-state index in [4.69, 9.17) is 9.47 Å². The standard InChI is InChI=1S/C18H31NO2S/c1-2-9-19-10-5-17(6-11-19)14-18(15-20-17)4-3-16(21-18)7-12-22-13-8-16/h2-15H2,1H3. The van der Waals surface area contributed by atoms with Crippen molar-refractivity contribution in [3.8, 4) is 0 Å². The lowest BCUT2D eigenvalue weighted by Gasteiger charge is -2.39. The van der Waals surface area contributed by atoms with Crippen molar-refractivity contribution >= 4 is 11.8 Å². The maximum absolute atomic E-state index is 6.79. The van der Waals surface area contributed by atoms with E-state index in [-0.39, 0.29) is 16.8 Å². The largest absolute Gasteiger partial charge is 0.372 e. The van der Waals surface area contributed by atoms with E-state index in [1.54, 1.807) is 0 Å². The van der Waals surface area contributed by atoms with Gasteiger partial charge in [0.25, 0.3) is 0 Å². The summed E-state index contributed by atoms with van der Waals surface area (Å²) in [5, 5.41) is 0. The van der Waals surface area contributed by atoms with Crippen molar-refractivity contribution in [1.29, 1.82) is 0 Å². The summed E-state index contributed by atoms with van der Waals surface area (Å²) in [7, 11) is 0. The Balaban J connectivity index is 1.38. The fourth-order valence-electron chi connectivity index (χ4n) is 5.13. The summed E-state index contributed by atoms with van der Waals surface area (Å²) >= 11 is 2.10. The summed E-state index contributed by atoms with van der Waals surface area (Å²) in [5.41, 5.74) is 0.414. The minimum Gasteiger partial charge on any atom is -0.372 e. The van der Waals surface area contributed by atoms with Crippen molar-refractivity contribution in [2.75, 3.05) is 37.7 Å². The molecule has 0 aromatic rings. The molecule has 4 heteroatoms. The van der Waals surface area contributed by atoms with E-state index in [0.29, 0.717) is 0 Å². The Labute approximate surface area is 139 Å². The lowest BCUT2D eigenvalue weighted by molar-refractivity contribution is -0.108. The molecular formula is C18H31NO2S. The van der Waals surface area contributed by atoms with Gasteiger partial charge in [-0.15, -0.1) is 0 Å². The highest BCUT2D eigenvalue weighted by Gasteiger charge is 2.57. The van der Waals surface area contributed by atoms with Crippen LogP contribution in [0.2, 0.25) is 0 Å². The van der Waals surface area contributed by atoms with Crippen LogP contribution in [0.25, 0.3) is 0 Å². The van der Waals surface area contributed by atoms with E-state index in [0.717, 1.165) is 13.0 Å². The van der Waals surface area contributed by atoms with Gasteiger partial charge in [-0.1, -0.05) is 6.92 Å². The summed E-state index contributed by atoms with van der Waals surface area (Å²) in [6.45, 7) is 6.81. The summed E-state index contributed by atoms with van der Waals surface area (Å²) in [6.07, 6.45) is 9.87. The van der Waals surface area contributed by atoms with E-state index >= 15 is 0 Å². The molecule has 3 spiro atoms. The Hall–Kier alpha value is 0.230. The molecule has 1 atom stereocenters. The first-order valence-corrected chi connectivity index (χ1v) is 10.5. The van der Waals surface area contributed by atoms with E-state index < -0.39 is 0 Å². The second-order valence-corrected chi connectivity index (χ2v) is 9.30. The van der Waals surface area contributed by atoms with Crippen LogP contribution >= 0.6 is 11.8 Å². The molecule has 0 aromatic heterocycles. The molecule has 4 heterocycles. The molecule has 4 saturated heterocycles. The summed E-state index contributed by atoms with van der Waals surface area (Å²) in [5.74, 6) is 2.57. The molecule has 4 rings (SSSR count). The van der Waals surface area contributed by atoms with Gasteiger partial charge in [0.15, 0.2) is 0 Å². The molecule has 0 amide bonds. The maximum atomic E-state index is 6.79. The molecule has 4 aliphatic heterocycles. The Morgan fingerprint density at radius 1 is 0.909 bits per heavy atom. The number of thioether (sulfide) groups is 1. The fourth-order valence-corrected chi connectivity index (χ4v) is 6.37. The van der Waals surface area contributed by atoms with Crippen molar-refractivity contribution in [1.82, 2.24) is 4.90 Å². The Bertz CT molecular complexity index is 402.